The Morgan fingerprint density at radius 1 is 0.885 bits per heavy atom. The van der Waals surface area contributed by atoms with Crippen LogP contribution in [0.1, 0.15) is 35.2 Å². The normalized spacial score (nSPS) is 11.9. The van der Waals surface area contributed by atoms with Crippen LogP contribution in [0.2, 0.25) is 0 Å². The number of hydrogen-bond acceptors (Lipinski definition) is 3. The van der Waals surface area contributed by atoms with Crippen molar-refractivity contribution in [3.8, 4) is 11.8 Å². The number of hydrogen-bond donors (Lipinski definition) is 1. The van der Waals surface area contributed by atoms with Gasteiger partial charge in [-0.15, -0.1) is 0 Å². The summed E-state index contributed by atoms with van der Waals surface area (Å²) < 4.78 is 0. The Hall–Kier alpha value is -3.09. The number of nitrogens with zero attached hydrogens (tertiary/aromatic N) is 2. The third-order valence-corrected chi connectivity index (χ3v) is 4.66. The molecule has 0 unspecified atom stereocenters. The number of phenolic OH excluding ortho intramolecular Hbond substituents is 1. The zero-order chi connectivity index (χ0) is 18.4. The van der Waals surface area contributed by atoms with E-state index < -0.39 is 0 Å². The SMILES string of the molecule is C[C@H](c1ccccc1)N(Cc1ccc(C#N)cc1)Cc1ccccc1O. The monoisotopic (exact) mass is 342 g/mol. The average molecular weight is 342 g/mol. The molecule has 0 spiro atoms. The van der Waals surface area contributed by atoms with Crippen LogP contribution < -0.4 is 0 Å². The lowest BCUT2D eigenvalue weighted by atomic mass is 10.0. The lowest BCUT2D eigenvalue weighted by molar-refractivity contribution is 0.190. The zero-order valence-corrected chi connectivity index (χ0v) is 14.8. The van der Waals surface area contributed by atoms with E-state index in [4.69, 9.17) is 5.26 Å². The molecule has 26 heavy (non-hydrogen) atoms. The summed E-state index contributed by atoms with van der Waals surface area (Å²) in [6, 6.07) is 27.9. The topological polar surface area (TPSA) is 47.3 Å². The Bertz CT molecular complexity index is 882. The number of para-hydroxylation sites is 1. The molecule has 0 aliphatic heterocycles. The third-order valence-electron chi connectivity index (χ3n) is 4.66. The van der Waals surface area contributed by atoms with Crippen LogP contribution >= 0.6 is 0 Å². The van der Waals surface area contributed by atoms with Gasteiger partial charge in [0.05, 0.1) is 11.6 Å². The number of benzene rings is 3. The Balaban J connectivity index is 1.87. The Labute approximate surface area is 154 Å². The minimum absolute atomic E-state index is 0.187. The summed E-state index contributed by atoms with van der Waals surface area (Å²) in [5.41, 5.74) is 3.94. The predicted octanol–water partition coefficient (Wildman–Crippen LogP) is 5.03. The van der Waals surface area contributed by atoms with Crippen LogP contribution in [0.15, 0.2) is 78.9 Å². The van der Waals surface area contributed by atoms with Crippen molar-refractivity contribution in [2.75, 3.05) is 0 Å². The maximum absolute atomic E-state index is 10.2. The maximum Gasteiger partial charge on any atom is 0.120 e. The molecule has 3 heteroatoms. The number of aromatic hydroxyl groups is 1. The first-order valence-corrected chi connectivity index (χ1v) is 8.72. The number of rotatable bonds is 6. The van der Waals surface area contributed by atoms with Gasteiger partial charge in [-0.25, -0.2) is 0 Å². The molecule has 0 saturated carbocycles. The van der Waals surface area contributed by atoms with Crippen molar-refractivity contribution in [2.24, 2.45) is 0 Å². The Morgan fingerprint density at radius 3 is 2.19 bits per heavy atom. The minimum atomic E-state index is 0.187. The van der Waals surface area contributed by atoms with Crippen molar-refractivity contribution >= 4 is 0 Å². The van der Waals surface area contributed by atoms with E-state index in [1.54, 1.807) is 6.07 Å². The van der Waals surface area contributed by atoms with Crippen molar-refractivity contribution in [2.45, 2.75) is 26.1 Å². The third kappa shape index (κ3) is 4.30. The van der Waals surface area contributed by atoms with Crippen molar-refractivity contribution in [3.05, 3.63) is 101 Å². The van der Waals surface area contributed by atoms with Gasteiger partial charge in [-0.2, -0.15) is 5.26 Å². The molecule has 0 saturated heterocycles. The summed E-state index contributed by atoms with van der Waals surface area (Å²) in [4.78, 5) is 2.33. The van der Waals surface area contributed by atoms with Crippen LogP contribution in [0.5, 0.6) is 5.75 Å². The molecule has 0 heterocycles. The summed E-state index contributed by atoms with van der Waals surface area (Å²) in [5.74, 6) is 0.317. The molecule has 0 aliphatic carbocycles. The molecule has 3 aromatic carbocycles. The summed E-state index contributed by atoms with van der Waals surface area (Å²) >= 11 is 0. The summed E-state index contributed by atoms with van der Waals surface area (Å²) in [7, 11) is 0. The van der Waals surface area contributed by atoms with Crippen LogP contribution in [-0.2, 0) is 13.1 Å². The van der Waals surface area contributed by atoms with Crippen LogP contribution in [0.4, 0.5) is 0 Å². The highest BCUT2D eigenvalue weighted by atomic mass is 16.3. The minimum Gasteiger partial charge on any atom is -0.508 e. The molecule has 3 nitrogen and oxygen atoms in total. The molecule has 0 fully saturated rings. The average Bonchev–Trinajstić information content (AvgIpc) is 2.70. The zero-order valence-electron chi connectivity index (χ0n) is 14.8. The van der Waals surface area contributed by atoms with Gasteiger partial charge in [0.15, 0.2) is 0 Å². The van der Waals surface area contributed by atoms with Gasteiger partial charge in [-0.3, -0.25) is 4.90 Å². The Kier molecular flexibility index (Phi) is 5.68. The van der Waals surface area contributed by atoms with Gasteiger partial charge in [0.25, 0.3) is 0 Å². The smallest absolute Gasteiger partial charge is 0.120 e. The fourth-order valence-corrected chi connectivity index (χ4v) is 3.05. The fourth-order valence-electron chi connectivity index (χ4n) is 3.05. The van der Waals surface area contributed by atoms with E-state index in [2.05, 4.69) is 30.0 Å². The second-order valence-electron chi connectivity index (χ2n) is 6.43. The van der Waals surface area contributed by atoms with Crippen molar-refractivity contribution in [3.63, 3.8) is 0 Å². The fraction of sp³-hybridized carbons (Fsp3) is 0.174. The molecule has 3 rings (SSSR count). The van der Waals surface area contributed by atoms with E-state index in [1.165, 1.54) is 5.56 Å². The Morgan fingerprint density at radius 2 is 1.54 bits per heavy atom. The molecule has 0 amide bonds. The van der Waals surface area contributed by atoms with Crippen molar-refractivity contribution in [1.29, 1.82) is 5.26 Å². The van der Waals surface area contributed by atoms with Crippen molar-refractivity contribution in [1.82, 2.24) is 4.90 Å². The van der Waals surface area contributed by atoms with Gasteiger partial charge < -0.3 is 5.11 Å². The van der Waals surface area contributed by atoms with Crippen LogP contribution in [0, 0.1) is 11.3 Å². The summed E-state index contributed by atoms with van der Waals surface area (Å²) in [6.45, 7) is 3.55. The highest BCUT2D eigenvalue weighted by Crippen LogP contribution is 2.27. The maximum atomic E-state index is 10.2. The first kappa shape index (κ1) is 17.7. The van der Waals surface area contributed by atoms with Gasteiger partial charge in [0, 0.05) is 24.7 Å². The summed E-state index contributed by atoms with van der Waals surface area (Å²) in [6.07, 6.45) is 0. The van der Waals surface area contributed by atoms with E-state index in [-0.39, 0.29) is 6.04 Å². The van der Waals surface area contributed by atoms with Crippen LogP contribution in [0.3, 0.4) is 0 Å². The molecule has 0 aromatic heterocycles. The number of nitriles is 1. The van der Waals surface area contributed by atoms with E-state index >= 15 is 0 Å². The second kappa shape index (κ2) is 8.33. The molecule has 130 valence electrons. The van der Waals surface area contributed by atoms with E-state index in [0.29, 0.717) is 17.9 Å². The van der Waals surface area contributed by atoms with E-state index in [0.717, 1.165) is 17.7 Å². The standard InChI is InChI=1S/C23H22N2O/c1-18(21-7-3-2-4-8-21)25(17-22-9-5-6-10-23(22)26)16-20-13-11-19(15-24)12-14-20/h2-14,18,26H,16-17H2,1H3/t18-/m1/s1. The van der Waals surface area contributed by atoms with Crippen LogP contribution in [0.25, 0.3) is 0 Å². The first-order chi connectivity index (χ1) is 12.7. The highest BCUT2D eigenvalue weighted by Gasteiger charge is 2.18. The van der Waals surface area contributed by atoms with Crippen molar-refractivity contribution < 1.29 is 5.11 Å². The molecular weight excluding hydrogens is 320 g/mol. The molecule has 0 aliphatic rings. The lowest BCUT2D eigenvalue weighted by Crippen LogP contribution is -2.26. The summed E-state index contributed by atoms with van der Waals surface area (Å²) in [5, 5.41) is 19.2. The molecule has 1 atom stereocenters. The van der Waals surface area contributed by atoms with Gasteiger partial charge in [-0.05, 0) is 36.2 Å². The predicted molar refractivity (Wildman–Crippen MR) is 103 cm³/mol. The van der Waals surface area contributed by atoms with Gasteiger partial charge in [0.1, 0.15) is 5.75 Å². The van der Waals surface area contributed by atoms with Gasteiger partial charge in [0.2, 0.25) is 0 Å². The second-order valence-corrected chi connectivity index (χ2v) is 6.43. The molecular formula is C23H22N2O. The highest BCUT2D eigenvalue weighted by molar-refractivity contribution is 5.33. The molecule has 3 aromatic rings. The van der Waals surface area contributed by atoms with Gasteiger partial charge >= 0.3 is 0 Å². The van der Waals surface area contributed by atoms with E-state index in [9.17, 15) is 5.11 Å². The van der Waals surface area contributed by atoms with Crippen LogP contribution in [-0.4, -0.2) is 10.0 Å². The molecule has 0 bridgehead atoms. The molecule has 1 N–H and O–H groups in total. The molecule has 0 radical (unpaired) electrons. The van der Waals surface area contributed by atoms with Gasteiger partial charge in [-0.1, -0.05) is 60.7 Å². The quantitative estimate of drug-likeness (QED) is 0.683. The first-order valence-electron chi connectivity index (χ1n) is 8.72. The lowest BCUT2D eigenvalue weighted by Gasteiger charge is -2.30. The number of phenols is 1. The van der Waals surface area contributed by atoms with E-state index in [1.807, 2.05) is 60.7 Å². The largest absolute Gasteiger partial charge is 0.508 e.